The molecule has 2 heterocycles. The van der Waals surface area contributed by atoms with Crippen LogP contribution in [0.2, 0.25) is 5.02 Å². The molecule has 2 aromatic carbocycles. The Hall–Kier alpha value is -1.61. The monoisotopic (exact) mass is 512 g/mol. The number of ether oxygens (including phenoxy) is 1. The fourth-order valence-electron chi connectivity index (χ4n) is 4.14. The Morgan fingerprint density at radius 2 is 2.00 bits per heavy atom. The molecule has 2 aliphatic heterocycles. The number of carbonyl (C=O) groups excluding carboxylic acids is 1. The molecule has 1 fully saturated rings. The number of anilines is 1. The highest BCUT2D eigenvalue weighted by Gasteiger charge is 2.37. The van der Waals surface area contributed by atoms with Crippen LogP contribution in [0.15, 0.2) is 45.8 Å². The first-order chi connectivity index (χ1) is 14.3. The molecule has 0 bridgehead atoms. The van der Waals surface area contributed by atoms with Crippen molar-refractivity contribution in [1.82, 2.24) is 4.31 Å². The lowest BCUT2D eigenvalue weighted by molar-refractivity contribution is -0.123. The summed E-state index contributed by atoms with van der Waals surface area (Å²) in [7, 11) is -2.27. The van der Waals surface area contributed by atoms with Gasteiger partial charge in [0.1, 0.15) is 5.75 Å². The summed E-state index contributed by atoms with van der Waals surface area (Å²) in [6.45, 7) is 1.19. The fourth-order valence-corrected chi connectivity index (χ4v) is 6.42. The van der Waals surface area contributed by atoms with Crippen molar-refractivity contribution in [3.05, 3.63) is 51.5 Å². The predicted octanol–water partition coefficient (Wildman–Crippen LogP) is 4.10. The van der Waals surface area contributed by atoms with Crippen LogP contribution in [0.1, 0.15) is 18.4 Å². The lowest BCUT2D eigenvalue weighted by Crippen LogP contribution is -2.46. The molecule has 6 nitrogen and oxygen atoms in total. The molecule has 0 spiro atoms. The fraction of sp³-hybridized carbons (Fsp3) is 0.381. The summed E-state index contributed by atoms with van der Waals surface area (Å²) < 4.78 is 33.8. The number of sulfonamides is 1. The number of piperidine rings is 1. The van der Waals surface area contributed by atoms with Crippen LogP contribution in [-0.2, 0) is 21.2 Å². The van der Waals surface area contributed by atoms with Gasteiger partial charge in [-0.1, -0.05) is 27.5 Å². The van der Waals surface area contributed by atoms with Crippen molar-refractivity contribution < 1.29 is 17.9 Å². The minimum absolute atomic E-state index is 0.0104. The largest absolute Gasteiger partial charge is 0.495 e. The summed E-state index contributed by atoms with van der Waals surface area (Å²) >= 11 is 9.60. The third-order valence-electron chi connectivity index (χ3n) is 5.70. The van der Waals surface area contributed by atoms with E-state index in [1.54, 1.807) is 11.0 Å². The van der Waals surface area contributed by atoms with Crippen LogP contribution in [0.25, 0.3) is 0 Å². The topological polar surface area (TPSA) is 66.9 Å². The molecule has 0 radical (unpaired) electrons. The van der Waals surface area contributed by atoms with Crippen molar-refractivity contribution >= 4 is 49.1 Å². The van der Waals surface area contributed by atoms with E-state index in [2.05, 4.69) is 15.9 Å². The summed E-state index contributed by atoms with van der Waals surface area (Å²) in [4.78, 5) is 15.2. The van der Waals surface area contributed by atoms with E-state index >= 15 is 0 Å². The zero-order valence-corrected chi connectivity index (χ0v) is 19.6. The maximum Gasteiger partial charge on any atom is 0.243 e. The maximum absolute atomic E-state index is 13.2. The third-order valence-corrected chi connectivity index (χ3v) is 8.35. The first kappa shape index (κ1) is 21.6. The number of carbonyl (C=O) groups is 1. The summed E-state index contributed by atoms with van der Waals surface area (Å²) in [6.07, 6.45) is 2.12. The van der Waals surface area contributed by atoms with Crippen molar-refractivity contribution in [3.63, 3.8) is 0 Å². The van der Waals surface area contributed by atoms with E-state index in [0.29, 0.717) is 31.7 Å². The van der Waals surface area contributed by atoms with Crippen molar-refractivity contribution in [2.24, 2.45) is 5.92 Å². The zero-order chi connectivity index (χ0) is 21.5. The number of hydrogen-bond acceptors (Lipinski definition) is 4. The Kier molecular flexibility index (Phi) is 6.12. The summed E-state index contributed by atoms with van der Waals surface area (Å²) in [5.41, 5.74) is 2.05. The molecule has 0 aliphatic carbocycles. The number of methoxy groups -OCH3 is 1. The molecule has 0 aromatic heterocycles. The molecule has 2 aromatic rings. The van der Waals surface area contributed by atoms with Crippen LogP contribution < -0.4 is 9.64 Å². The van der Waals surface area contributed by atoms with Crippen LogP contribution in [0.3, 0.4) is 0 Å². The van der Waals surface area contributed by atoms with Gasteiger partial charge in [0.05, 0.1) is 22.9 Å². The molecule has 0 saturated carbocycles. The van der Waals surface area contributed by atoms with E-state index in [-0.39, 0.29) is 28.3 Å². The highest BCUT2D eigenvalue weighted by Crippen LogP contribution is 2.34. The summed E-state index contributed by atoms with van der Waals surface area (Å²) in [6, 6.07) is 10.3. The number of hydrogen-bond donors (Lipinski definition) is 0. The zero-order valence-electron chi connectivity index (χ0n) is 16.5. The second-order valence-corrected chi connectivity index (χ2v) is 10.8. The molecular weight excluding hydrogens is 492 g/mol. The van der Waals surface area contributed by atoms with Gasteiger partial charge in [0, 0.05) is 29.8 Å². The van der Waals surface area contributed by atoms with Gasteiger partial charge in [0.25, 0.3) is 0 Å². The Labute approximate surface area is 189 Å². The molecule has 0 unspecified atom stereocenters. The number of rotatable bonds is 4. The van der Waals surface area contributed by atoms with Crippen molar-refractivity contribution in [2.45, 2.75) is 24.2 Å². The summed E-state index contributed by atoms with van der Waals surface area (Å²) in [5.74, 6) is 0.0437. The highest BCUT2D eigenvalue weighted by atomic mass is 79.9. The van der Waals surface area contributed by atoms with Crippen LogP contribution in [0.4, 0.5) is 5.69 Å². The average molecular weight is 514 g/mol. The predicted molar refractivity (Wildman–Crippen MR) is 120 cm³/mol. The van der Waals surface area contributed by atoms with Gasteiger partial charge < -0.3 is 9.64 Å². The van der Waals surface area contributed by atoms with E-state index in [1.165, 1.54) is 23.5 Å². The molecule has 0 N–H and O–H groups in total. The normalized spacial score (nSPS) is 19.6. The van der Waals surface area contributed by atoms with Gasteiger partial charge in [0.15, 0.2) is 0 Å². The molecule has 30 heavy (non-hydrogen) atoms. The van der Waals surface area contributed by atoms with Crippen molar-refractivity contribution in [2.75, 3.05) is 31.6 Å². The molecule has 9 heteroatoms. The smallest absolute Gasteiger partial charge is 0.243 e. The molecule has 2 aliphatic rings. The van der Waals surface area contributed by atoms with E-state index in [9.17, 15) is 13.2 Å². The average Bonchev–Trinajstić information content (AvgIpc) is 3.16. The maximum atomic E-state index is 13.2. The van der Waals surface area contributed by atoms with Gasteiger partial charge >= 0.3 is 0 Å². The van der Waals surface area contributed by atoms with E-state index in [1.807, 2.05) is 18.2 Å². The minimum atomic E-state index is -3.75. The number of halogens is 2. The molecule has 4 rings (SSSR count). The van der Waals surface area contributed by atoms with Crippen molar-refractivity contribution in [1.29, 1.82) is 0 Å². The Morgan fingerprint density at radius 3 is 2.73 bits per heavy atom. The number of amides is 1. The SMILES string of the molecule is COc1ccc(S(=O)(=O)N2CCC[C@@H](C(=O)N3CCc4cc(Br)ccc43)C2)cc1Cl. The van der Waals surface area contributed by atoms with Gasteiger partial charge in [-0.15, -0.1) is 0 Å². The minimum Gasteiger partial charge on any atom is -0.495 e. The molecular formula is C21H22BrClN2O4S. The lowest BCUT2D eigenvalue weighted by Gasteiger charge is -2.33. The number of benzene rings is 2. The standard InChI is InChI=1S/C21H22BrClN2O4S/c1-29-20-7-5-17(12-18(20)23)30(27,28)24-9-2-3-15(13-24)21(26)25-10-8-14-11-16(22)4-6-19(14)25/h4-7,11-12,15H,2-3,8-10,13H2,1H3/t15-/m1/s1. The second kappa shape index (κ2) is 8.49. The van der Waals surface area contributed by atoms with E-state index < -0.39 is 10.0 Å². The number of fused-ring (bicyclic) bond motifs is 1. The molecule has 1 atom stereocenters. The Bertz CT molecular complexity index is 1090. The molecule has 1 saturated heterocycles. The second-order valence-electron chi connectivity index (χ2n) is 7.51. The first-order valence-electron chi connectivity index (χ1n) is 9.75. The van der Waals surface area contributed by atoms with Crippen LogP contribution in [-0.4, -0.2) is 45.4 Å². The third kappa shape index (κ3) is 3.98. The molecule has 1 amide bonds. The van der Waals surface area contributed by atoms with Gasteiger partial charge in [-0.3, -0.25) is 4.79 Å². The Morgan fingerprint density at radius 1 is 1.20 bits per heavy atom. The van der Waals surface area contributed by atoms with E-state index in [0.717, 1.165) is 22.1 Å². The van der Waals surface area contributed by atoms with Crippen LogP contribution >= 0.6 is 27.5 Å². The van der Waals surface area contributed by atoms with Crippen LogP contribution in [0, 0.1) is 5.92 Å². The quantitative estimate of drug-likeness (QED) is 0.617. The first-order valence-corrected chi connectivity index (χ1v) is 12.4. The van der Waals surface area contributed by atoms with Crippen LogP contribution in [0.5, 0.6) is 5.75 Å². The Balaban J connectivity index is 1.54. The van der Waals surface area contributed by atoms with Gasteiger partial charge in [-0.2, -0.15) is 4.31 Å². The van der Waals surface area contributed by atoms with Gasteiger partial charge in [-0.05, 0) is 61.2 Å². The van der Waals surface area contributed by atoms with Crippen molar-refractivity contribution in [3.8, 4) is 5.75 Å². The summed E-state index contributed by atoms with van der Waals surface area (Å²) in [5, 5.41) is 0.239. The molecule has 160 valence electrons. The lowest BCUT2D eigenvalue weighted by atomic mass is 9.98. The number of nitrogens with zero attached hydrogens (tertiary/aromatic N) is 2. The van der Waals surface area contributed by atoms with E-state index in [4.69, 9.17) is 16.3 Å². The highest BCUT2D eigenvalue weighted by molar-refractivity contribution is 9.10. The van der Waals surface area contributed by atoms with Gasteiger partial charge in [0.2, 0.25) is 15.9 Å². The van der Waals surface area contributed by atoms with Gasteiger partial charge in [-0.25, -0.2) is 8.42 Å².